The van der Waals surface area contributed by atoms with Crippen LogP contribution in [0, 0.1) is 12.8 Å². The van der Waals surface area contributed by atoms with Gasteiger partial charge in [0.05, 0.1) is 6.04 Å². The Kier molecular flexibility index (Phi) is 6.02. The second-order valence-electron chi connectivity index (χ2n) is 5.10. The highest BCUT2D eigenvalue weighted by Gasteiger charge is 2.20. The van der Waals surface area contributed by atoms with Gasteiger partial charge >= 0.3 is 0 Å². The molecule has 0 saturated carbocycles. The van der Waals surface area contributed by atoms with E-state index in [1.165, 1.54) is 6.92 Å². The van der Waals surface area contributed by atoms with E-state index in [1.807, 2.05) is 26.8 Å². The van der Waals surface area contributed by atoms with Crippen LogP contribution in [0.5, 0.6) is 5.75 Å². The Bertz CT molecular complexity index is 500. The summed E-state index contributed by atoms with van der Waals surface area (Å²) in [6, 6.07) is 4.76. The van der Waals surface area contributed by atoms with Crippen LogP contribution < -0.4 is 10.1 Å². The molecular formula is C15H20ClNO3. The Morgan fingerprint density at radius 2 is 2.00 bits per heavy atom. The molecule has 1 unspecified atom stereocenters. The first kappa shape index (κ1) is 16.5. The lowest BCUT2D eigenvalue weighted by molar-refractivity contribution is -0.129. The lowest BCUT2D eigenvalue weighted by atomic mass is 10.0. The van der Waals surface area contributed by atoms with Crippen LogP contribution >= 0.6 is 11.6 Å². The molecule has 0 heterocycles. The first-order valence-electron chi connectivity index (χ1n) is 6.50. The Balaban J connectivity index is 2.59. The number of aryl methyl sites for hydroxylation is 1. The number of ketones is 1. The summed E-state index contributed by atoms with van der Waals surface area (Å²) in [6.07, 6.45) is 0. The van der Waals surface area contributed by atoms with Crippen molar-refractivity contribution in [3.63, 3.8) is 0 Å². The van der Waals surface area contributed by atoms with Crippen LogP contribution in [-0.2, 0) is 9.59 Å². The molecule has 1 aromatic carbocycles. The molecular weight excluding hydrogens is 278 g/mol. The van der Waals surface area contributed by atoms with Crippen molar-refractivity contribution in [1.29, 1.82) is 0 Å². The summed E-state index contributed by atoms with van der Waals surface area (Å²) in [5.41, 5.74) is 0.897. The monoisotopic (exact) mass is 297 g/mol. The number of rotatable bonds is 6. The minimum atomic E-state index is -0.480. The molecule has 4 nitrogen and oxygen atoms in total. The van der Waals surface area contributed by atoms with E-state index >= 15 is 0 Å². The fourth-order valence-corrected chi connectivity index (χ4v) is 1.99. The molecule has 1 aromatic rings. The van der Waals surface area contributed by atoms with Crippen molar-refractivity contribution in [2.24, 2.45) is 5.92 Å². The average Bonchev–Trinajstić information content (AvgIpc) is 2.36. The van der Waals surface area contributed by atoms with E-state index in [1.54, 1.807) is 12.1 Å². The highest BCUT2D eigenvalue weighted by atomic mass is 35.5. The number of benzene rings is 1. The number of nitrogens with one attached hydrogen (secondary N) is 1. The third-order valence-corrected chi connectivity index (χ3v) is 3.17. The van der Waals surface area contributed by atoms with Crippen LogP contribution in [0.4, 0.5) is 0 Å². The number of carbonyl (C=O) groups is 2. The predicted octanol–water partition coefficient (Wildman–Crippen LogP) is 2.76. The zero-order chi connectivity index (χ0) is 15.3. The number of ether oxygens (including phenoxy) is 1. The topological polar surface area (TPSA) is 55.4 Å². The second-order valence-corrected chi connectivity index (χ2v) is 5.53. The lowest BCUT2D eigenvalue weighted by Crippen LogP contribution is -2.45. The average molecular weight is 298 g/mol. The third-order valence-electron chi connectivity index (χ3n) is 2.93. The lowest BCUT2D eigenvalue weighted by Gasteiger charge is -2.19. The zero-order valence-electron chi connectivity index (χ0n) is 12.2. The van der Waals surface area contributed by atoms with Crippen LogP contribution in [0.15, 0.2) is 18.2 Å². The van der Waals surface area contributed by atoms with Crippen LogP contribution in [-0.4, -0.2) is 24.3 Å². The first-order chi connectivity index (χ1) is 9.31. The molecule has 1 amide bonds. The van der Waals surface area contributed by atoms with E-state index in [9.17, 15) is 9.59 Å². The molecule has 0 spiro atoms. The van der Waals surface area contributed by atoms with Crippen molar-refractivity contribution in [3.05, 3.63) is 28.8 Å². The molecule has 110 valence electrons. The van der Waals surface area contributed by atoms with Crippen molar-refractivity contribution >= 4 is 23.3 Å². The van der Waals surface area contributed by atoms with Gasteiger partial charge in [0.25, 0.3) is 5.91 Å². The van der Waals surface area contributed by atoms with E-state index in [0.717, 1.165) is 5.56 Å². The van der Waals surface area contributed by atoms with Gasteiger partial charge in [0.1, 0.15) is 5.75 Å². The van der Waals surface area contributed by atoms with Gasteiger partial charge in [-0.1, -0.05) is 31.5 Å². The fraction of sp³-hybridized carbons (Fsp3) is 0.467. The van der Waals surface area contributed by atoms with Crippen LogP contribution in [0.2, 0.25) is 5.02 Å². The summed E-state index contributed by atoms with van der Waals surface area (Å²) in [5.74, 6) is 0.228. The molecule has 5 heteroatoms. The molecule has 0 radical (unpaired) electrons. The van der Waals surface area contributed by atoms with Gasteiger partial charge in [-0.15, -0.1) is 0 Å². The third kappa shape index (κ3) is 4.85. The van der Waals surface area contributed by atoms with E-state index in [0.29, 0.717) is 10.8 Å². The van der Waals surface area contributed by atoms with Crippen molar-refractivity contribution < 1.29 is 14.3 Å². The molecule has 1 rings (SSSR count). The number of Topliss-reactive ketones (excluding diaryl/α,β-unsaturated/α-hetero) is 1. The van der Waals surface area contributed by atoms with E-state index < -0.39 is 6.04 Å². The van der Waals surface area contributed by atoms with Crippen molar-refractivity contribution in [2.45, 2.75) is 33.7 Å². The Hall–Kier alpha value is -1.55. The largest absolute Gasteiger partial charge is 0.483 e. The maximum absolute atomic E-state index is 11.8. The van der Waals surface area contributed by atoms with Crippen molar-refractivity contribution in [3.8, 4) is 5.75 Å². The number of amides is 1. The normalized spacial score (nSPS) is 12.1. The Morgan fingerprint density at radius 1 is 1.35 bits per heavy atom. The number of carbonyl (C=O) groups excluding carboxylic acids is 2. The molecule has 0 bridgehead atoms. The molecule has 1 atom stereocenters. The van der Waals surface area contributed by atoms with E-state index in [2.05, 4.69) is 5.32 Å². The van der Waals surface area contributed by atoms with E-state index in [4.69, 9.17) is 16.3 Å². The van der Waals surface area contributed by atoms with Gasteiger partial charge in [0.2, 0.25) is 0 Å². The van der Waals surface area contributed by atoms with Gasteiger partial charge in [-0.25, -0.2) is 0 Å². The van der Waals surface area contributed by atoms with Crippen LogP contribution in [0.25, 0.3) is 0 Å². The van der Waals surface area contributed by atoms with Gasteiger partial charge in [-0.2, -0.15) is 0 Å². The van der Waals surface area contributed by atoms with Crippen molar-refractivity contribution in [2.75, 3.05) is 6.61 Å². The first-order valence-corrected chi connectivity index (χ1v) is 6.87. The predicted molar refractivity (Wildman–Crippen MR) is 79.1 cm³/mol. The molecule has 0 aliphatic heterocycles. The standard InChI is InChI=1S/C15H20ClNO3/c1-9(2)15(11(4)18)17-14(19)8-20-13-7-12(16)6-5-10(13)3/h5-7,9,15H,8H2,1-4H3,(H,17,19). The molecule has 0 aliphatic carbocycles. The summed E-state index contributed by atoms with van der Waals surface area (Å²) in [6.45, 7) is 6.96. The molecule has 20 heavy (non-hydrogen) atoms. The number of halogens is 1. The maximum Gasteiger partial charge on any atom is 0.258 e. The molecule has 0 fully saturated rings. The molecule has 0 saturated heterocycles. The van der Waals surface area contributed by atoms with Gasteiger partial charge in [0, 0.05) is 5.02 Å². The van der Waals surface area contributed by atoms with Crippen molar-refractivity contribution in [1.82, 2.24) is 5.32 Å². The second kappa shape index (κ2) is 7.29. The Labute approximate surface area is 124 Å². The fourth-order valence-electron chi connectivity index (χ4n) is 1.83. The van der Waals surface area contributed by atoms with Crippen LogP contribution in [0.3, 0.4) is 0 Å². The Morgan fingerprint density at radius 3 is 2.55 bits per heavy atom. The summed E-state index contributed by atoms with van der Waals surface area (Å²) < 4.78 is 5.43. The summed E-state index contributed by atoms with van der Waals surface area (Å²) in [7, 11) is 0. The highest BCUT2D eigenvalue weighted by Crippen LogP contribution is 2.22. The summed E-state index contributed by atoms with van der Waals surface area (Å²) >= 11 is 5.87. The minimum Gasteiger partial charge on any atom is -0.483 e. The zero-order valence-corrected chi connectivity index (χ0v) is 13.0. The van der Waals surface area contributed by atoms with E-state index in [-0.39, 0.29) is 24.2 Å². The smallest absolute Gasteiger partial charge is 0.258 e. The van der Waals surface area contributed by atoms with Gasteiger partial charge in [-0.05, 0) is 37.5 Å². The van der Waals surface area contributed by atoms with Gasteiger partial charge < -0.3 is 10.1 Å². The molecule has 0 aliphatic rings. The van der Waals surface area contributed by atoms with Gasteiger partial charge in [-0.3, -0.25) is 9.59 Å². The molecule has 0 aromatic heterocycles. The number of hydrogen-bond acceptors (Lipinski definition) is 3. The highest BCUT2D eigenvalue weighted by molar-refractivity contribution is 6.30. The number of hydrogen-bond donors (Lipinski definition) is 1. The molecule has 1 N–H and O–H groups in total. The summed E-state index contributed by atoms with van der Waals surface area (Å²) in [4.78, 5) is 23.2. The maximum atomic E-state index is 11.8. The van der Waals surface area contributed by atoms with Crippen LogP contribution in [0.1, 0.15) is 26.3 Å². The minimum absolute atomic E-state index is 0.0457. The quantitative estimate of drug-likeness (QED) is 0.878. The summed E-state index contributed by atoms with van der Waals surface area (Å²) in [5, 5.41) is 3.22. The van der Waals surface area contributed by atoms with Gasteiger partial charge in [0.15, 0.2) is 12.4 Å². The SMILES string of the molecule is CC(=O)C(NC(=O)COc1cc(Cl)ccc1C)C(C)C.